The Morgan fingerprint density at radius 3 is 2.76 bits per heavy atom. The lowest BCUT2D eigenvalue weighted by Crippen LogP contribution is -2.55. The summed E-state index contributed by atoms with van der Waals surface area (Å²) < 4.78 is 11.3. The predicted octanol–water partition coefficient (Wildman–Crippen LogP) is 3.98. The van der Waals surface area contributed by atoms with Crippen LogP contribution in [0.5, 0.6) is 5.75 Å². The van der Waals surface area contributed by atoms with Gasteiger partial charge in [-0.2, -0.15) is 0 Å². The zero-order chi connectivity index (χ0) is 18.0. The molecule has 2 aliphatic rings. The van der Waals surface area contributed by atoms with Crippen LogP contribution in [-0.2, 0) is 11.2 Å². The molecule has 1 aromatic heterocycles. The number of rotatable bonds is 6. The summed E-state index contributed by atoms with van der Waals surface area (Å²) in [5.41, 5.74) is 2.26. The fraction of sp³-hybridized carbons (Fsp3) is 0.600. The van der Waals surface area contributed by atoms with Crippen LogP contribution in [-0.4, -0.2) is 40.8 Å². The molecule has 25 heavy (non-hydrogen) atoms. The van der Waals surface area contributed by atoms with Crippen LogP contribution in [0.25, 0.3) is 0 Å². The first-order valence-electron chi connectivity index (χ1n) is 9.12. The molecular weight excluding hydrogens is 316 g/mol. The first-order chi connectivity index (χ1) is 11.9. The van der Waals surface area contributed by atoms with Crippen molar-refractivity contribution < 1.29 is 14.3 Å². The molecule has 0 bridgehead atoms. The minimum absolute atomic E-state index is 0.0790. The van der Waals surface area contributed by atoms with Gasteiger partial charge in [0.05, 0.1) is 12.2 Å². The van der Waals surface area contributed by atoms with Crippen LogP contribution >= 0.6 is 0 Å². The van der Waals surface area contributed by atoms with Crippen molar-refractivity contribution in [2.75, 3.05) is 13.2 Å². The predicted molar refractivity (Wildman–Crippen MR) is 96.6 cm³/mol. The minimum atomic E-state index is -0.468. The molecule has 5 nitrogen and oxygen atoms in total. The van der Waals surface area contributed by atoms with Crippen molar-refractivity contribution in [1.82, 2.24) is 9.88 Å². The van der Waals surface area contributed by atoms with Crippen molar-refractivity contribution in [3.63, 3.8) is 0 Å². The molecule has 2 atom stereocenters. The quantitative estimate of drug-likeness (QED) is 0.733. The van der Waals surface area contributed by atoms with E-state index in [-0.39, 0.29) is 12.1 Å². The number of nitrogens with zero attached hydrogens (tertiary/aromatic N) is 2. The van der Waals surface area contributed by atoms with Gasteiger partial charge in [-0.3, -0.25) is 4.98 Å². The highest BCUT2D eigenvalue weighted by Gasteiger charge is 2.35. The number of amides is 1. The average molecular weight is 344 g/mol. The maximum atomic E-state index is 12.1. The summed E-state index contributed by atoms with van der Waals surface area (Å²) in [6.45, 7) is 9.05. The van der Waals surface area contributed by atoms with E-state index in [1.54, 1.807) is 11.1 Å². The Bertz CT molecular complexity index is 663. The third-order valence-corrected chi connectivity index (χ3v) is 4.63. The third kappa shape index (κ3) is 4.74. The van der Waals surface area contributed by atoms with Gasteiger partial charge in [0.25, 0.3) is 0 Å². The fourth-order valence-electron chi connectivity index (χ4n) is 3.06. The van der Waals surface area contributed by atoms with Gasteiger partial charge in [0.1, 0.15) is 18.0 Å². The molecule has 1 saturated heterocycles. The van der Waals surface area contributed by atoms with Crippen molar-refractivity contribution in [3.8, 4) is 5.75 Å². The molecule has 5 heteroatoms. The van der Waals surface area contributed by atoms with Gasteiger partial charge in [0.15, 0.2) is 0 Å². The lowest BCUT2D eigenvalue weighted by molar-refractivity contribution is -0.0141. The van der Waals surface area contributed by atoms with E-state index in [0.29, 0.717) is 12.5 Å². The van der Waals surface area contributed by atoms with E-state index >= 15 is 0 Å². The van der Waals surface area contributed by atoms with Gasteiger partial charge >= 0.3 is 6.09 Å². The number of aromatic nitrogens is 1. The summed E-state index contributed by atoms with van der Waals surface area (Å²) in [4.78, 5) is 18.2. The van der Waals surface area contributed by atoms with E-state index in [1.807, 2.05) is 27.0 Å². The number of likely N-dealkylation sites (tertiary alicyclic amines) is 1. The van der Waals surface area contributed by atoms with E-state index in [4.69, 9.17) is 9.47 Å². The Kier molecular flexibility index (Phi) is 5.02. The molecule has 0 N–H and O–H groups in total. The molecule has 1 aromatic rings. The Hall–Kier alpha value is -2.04. The molecule has 0 spiro atoms. The van der Waals surface area contributed by atoms with Gasteiger partial charge in [-0.25, -0.2) is 4.79 Å². The molecule has 0 saturated carbocycles. The van der Waals surface area contributed by atoms with E-state index in [2.05, 4.69) is 24.1 Å². The number of pyridine rings is 1. The van der Waals surface area contributed by atoms with Crippen LogP contribution in [0.2, 0.25) is 0 Å². The van der Waals surface area contributed by atoms with E-state index in [1.165, 1.54) is 11.1 Å². The first kappa shape index (κ1) is 17.8. The summed E-state index contributed by atoms with van der Waals surface area (Å²) >= 11 is 0. The first-order valence-corrected chi connectivity index (χ1v) is 9.12. The van der Waals surface area contributed by atoms with Crippen LogP contribution in [0, 0.1) is 5.92 Å². The SMILES string of the molecule is CCC1=CC1Cc1cncc(OCC2CCN2C(=O)OC(C)(C)C)c1. The highest BCUT2D eigenvalue weighted by Crippen LogP contribution is 2.34. The van der Waals surface area contributed by atoms with Gasteiger partial charge in [0.2, 0.25) is 0 Å². The van der Waals surface area contributed by atoms with Gasteiger partial charge in [-0.05, 0) is 51.7 Å². The fourth-order valence-corrected chi connectivity index (χ4v) is 3.06. The summed E-state index contributed by atoms with van der Waals surface area (Å²) in [6, 6.07) is 2.14. The molecule has 1 aliphatic carbocycles. The second kappa shape index (κ2) is 7.06. The third-order valence-electron chi connectivity index (χ3n) is 4.63. The Balaban J connectivity index is 1.48. The smallest absolute Gasteiger partial charge is 0.410 e. The number of ether oxygens (including phenoxy) is 2. The summed E-state index contributed by atoms with van der Waals surface area (Å²) in [6.07, 6.45) is 8.78. The Morgan fingerprint density at radius 2 is 2.16 bits per heavy atom. The van der Waals surface area contributed by atoms with Gasteiger partial charge < -0.3 is 14.4 Å². The average Bonchev–Trinajstić information content (AvgIpc) is 3.23. The van der Waals surface area contributed by atoms with E-state index in [9.17, 15) is 4.79 Å². The standard InChI is InChI=1S/C20H28N2O3/c1-5-15-10-16(15)8-14-9-18(12-21-11-14)24-13-17-6-7-22(17)19(23)25-20(2,3)4/h9-12,16-17H,5-8,13H2,1-4H3. The molecule has 2 heterocycles. The molecule has 0 radical (unpaired) electrons. The normalized spacial score (nSPS) is 22.1. The summed E-state index contributed by atoms with van der Waals surface area (Å²) in [7, 11) is 0. The van der Waals surface area contributed by atoms with Crippen molar-refractivity contribution in [2.24, 2.45) is 5.92 Å². The Morgan fingerprint density at radius 1 is 1.36 bits per heavy atom. The summed E-state index contributed by atoms with van der Waals surface area (Å²) in [5.74, 6) is 1.38. The van der Waals surface area contributed by atoms with Crippen molar-refractivity contribution in [1.29, 1.82) is 0 Å². The summed E-state index contributed by atoms with van der Waals surface area (Å²) in [5, 5.41) is 0. The van der Waals surface area contributed by atoms with Crippen LogP contribution < -0.4 is 4.74 Å². The van der Waals surface area contributed by atoms with Crippen LogP contribution in [0.4, 0.5) is 4.79 Å². The molecule has 1 fully saturated rings. The van der Waals surface area contributed by atoms with Gasteiger partial charge in [0, 0.05) is 18.7 Å². The van der Waals surface area contributed by atoms with Gasteiger partial charge in [-0.15, -0.1) is 0 Å². The largest absolute Gasteiger partial charge is 0.490 e. The molecular formula is C20H28N2O3. The van der Waals surface area contributed by atoms with Crippen molar-refractivity contribution >= 4 is 6.09 Å². The van der Waals surface area contributed by atoms with E-state index in [0.717, 1.165) is 31.6 Å². The molecule has 2 unspecified atom stereocenters. The lowest BCUT2D eigenvalue weighted by atomic mass is 10.1. The van der Waals surface area contributed by atoms with Crippen LogP contribution in [0.1, 0.15) is 46.1 Å². The monoisotopic (exact) mass is 344 g/mol. The highest BCUT2D eigenvalue weighted by atomic mass is 16.6. The number of hydrogen-bond acceptors (Lipinski definition) is 4. The molecule has 0 aromatic carbocycles. The molecule has 3 rings (SSSR count). The van der Waals surface area contributed by atoms with Gasteiger partial charge in [-0.1, -0.05) is 18.6 Å². The zero-order valence-corrected chi connectivity index (χ0v) is 15.6. The molecule has 136 valence electrons. The van der Waals surface area contributed by atoms with E-state index < -0.39 is 5.60 Å². The van der Waals surface area contributed by atoms with Crippen LogP contribution in [0.15, 0.2) is 30.1 Å². The highest BCUT2D eigenvalue weighted by molar-refractivity contribution is 5.69. The number of allylic oxidation sites excluding steroid dienone is 2. The zero-order valence-electron chi connectivity index (χ0n) is 15.6. The second-order valence-electron chi connectivity index (χ2n) is 7.86. The van der Waals surface area contributed by atoms with Crippen LogP contribution in [0.3, 0.4) is 0 Å². The van der Waals surface area contributed by atoms with Crippen molar-refractivity contribution in [3.05, 3.63) is 35.7 Å². The second-order valence-corrected chi connectivity index (χ2v) is 7.86. The number of carbonyl (C=O) groups is 1. The maximum absolute atomic E-state index is 12.1. The van der Waals surface area contributed by atoms with Crippen molar-refractivity contribution in [2.45, 2.75) is 58.6 Å². The minimum Gasteiger partial charge on any atom is -0.490 e. The molecule has 1 amide bonds. The number of carbonyl (C=O) groups excluding carboxylic acids is 1. The topological polar surface area (TPSA) is 51.7 Å². The maximum Gasteiger partial charge on any atom is 0.410 e. The Labute approximate surface area is 150 Å². The number of hydrogen-bond donors (Lipinski definition) is 0. The molecule has 1 aliphatic heterocycles. The lowest BCUT2D eigenvalue weighted by Gasteiger charge is -2.40.